The molecule has 0 unspecified atom stereocenters. The van der Waals surface area contributed by atoms with Gasteiger partial charge in [0.25, 0.3) is 0 Å². The molecule has 12 nitrogen and oxygen atoms in total. The molecule has 8 rings (SSSR count). The van der Waals surface area contributed by atoms with Gasteiger partial charge in [0.1, 0.15) is 42.7 Å². The van der Waals surface area contributed by atoms with E-state index in [2.05, 4.69) is 0 Å². The first kappa shape index (κ1) is 48.8. The minimum absolute atomic E-state index is 0.0500. The molecular weight excluding hydrogens is 865 g/mol. The molecule has 0 radical (unpaired) electrons. The van der Waals surface area contributed by atoms with Crippen LogP contribution in [0.5, 0.6) is 0 Å². The van der Waals surface area contributed by atoms with Crippen LogP contribution in [0.15, 0.2) is 182 Å². The van der Waals surface area contributed by atoms with Crippen molar-refractivity contribution in [2.24, 2.45) is 0 Å². The van der Waals surface area contributed by atoms with E-state index in [1.807, 2.05) is 182 Å². The monoisotopic (exact) mass is 924 g/mol. The van der Waals surface area contributed by atoms with Crippen LogP contribution in [0.25, 0.3) is 0 Å². The van der Waals surface area contributed by atoms with Gasteiger partial charge in [-0.1, -0.05) is 182 Å². The zero-order valence-corrected chi connectivity index (χ0v) is 38.2. The minimum Gasteiger partial charge on any atom is -0.454 e. The molecule has 2 aliphatic heterocycles. The van der Waals surface area contributed by atoms with Crippen molar-refractivity contribution in [2.45, 2.75) is 108 Å². The highest BCUT2D eigenvalue weighted by atomic mass is 16.8. The SMILES string of the molecule is CC(=O)O[C@@H]1[C@@H](O[C@@H]2O[C@H](COCc3ccccc3)[C@@H](OCc3ccccc3)[C@H](OCc3ccccc3)[C@@H]2O)O[C@H](COCc2ccccc2)[C@@H](OCc2ccccc2)[C@@H]1OCc1ccccc1. The van der Waals surface area contributed by atoms with Crippen LogP contribution in [0.3, 0.4) is 0 Å². The van der Waals surface area contributed by atoms with Crippen LogP contribution in [-0.4, -0.2) is 85.7 Å². The van der Waals surface area contributed by atoms with E-state index in [-0.39, 0.29) is 39.6 Å². The third kappa shape index (κ3) is 14.2. The normalized spacial score (nSPS) is 24.9. The maximum atomic E-state index is 13.1. The van der Waals surface area contributed by atoms with E-state index >= 15 is 0 Å². The average molecular weight is 925 g/mol. The summed E-state index contributed by atoms with van der Waals surface area (Å²) >= 11 is 0. The van der Waals surface area contributed by atoms with Gasteiger partial charge in [-0.05, 0) is 33.4 Å². The van der Waals surface area contributed by atoms with Gasteiger partial charge in [-0.25, -0.2) is 0 Å². The number of aliphatic hydroxyl groups excluding tert-OH is 1. The van der Waals surface area contributed by atoms with Gasteiger partial charge >= 0.3 is 5.97 Å². The summed E-state index contributed by atoms with van der Waals surface area (Å²) in [6.07, 6.45) is -10.6. The molecule has 6 aromatic rings. The summed E-state index contributed by atoms with van der Waals surface area (Å²) < 4.78 is 65.8. The first-order valence-corrected chi connectivity index (χ1v) is 23.1. The van der Waals surface area contributed by atoms with Crippen LogP contribution < -0.4 is 0 Å². The Morgan fingerprint density at radius 1 is 0.412 bits per heavy atom. The topological polar surface area (TPSA) is 130 Å². The van der Waals surface area contributed by atoms with E-state index in [4.69, 9.17) is 47.4 Å². The Balaban J connectivity index is 1.12. The zero-order valence-electron chi connectivity index (χ0n) is 38.2. The van der Waals surface area contributed by atoms with Gasteiger partial charge in [0.2, 0.25) is 6.29 Å². The molecule has 356 valence electrons. The van der Waals surface area contributed by atoms with Gasteiger partial charge < -0.3 is 52.5 Å². The third-order valence-electron chi connectivity index (χ3n) is 11.7. The van der Waals surface area contributed by atoms with Crippen LogP contribution in [0.2, 0.25) is 0 Å². The summed E-state index contributed by atoms with van der Waals surface area (Å²) in [5, 5.41) is 12.5. The van der Waals surface area contributed by atoms with Crippen molar-refractivity contribution in [3.63, 3.8) is 0 Å². The van der Waals surface area contributed by atoms with Gasteiger partial charge in [0.15, 0.2) is 12.4 Å². The molecule has 0 amide bonds. The average Bonchev–Trinajstić information content (AvgIpc) is 3.38. The maximum absolute atomic E-state index is 13.1. The fourth-order valence-electron chi connectivity index (χ4n) is 8.30. The number of carbonyl (C=O) groups is 1. The van der Waals surface area contributed by atoms with Crippen molar-refractivity contribution in [3.8, 4) is 0 Å². The molecule has 2 aliphatic rings. The highest BCUT2D eigenvalue weighted by Gasteiger charge is 2.54. The van der Waals surface area contributed by atoms with Crippen LogP contribution in [0, 0.1) is 0 Å². The number of aliphatic hydroxyl groups is 1. The number of ether oxygens (including phenoxy) is 10. The molecule has 0 bridgehead atoms. The molecule has 2 fully saturated rings. The van der Waals surface area contributed by atoms with Crippen molar-refractivity contribution < 1.29 is 57.3 Å². The quantitative estimate of drug-likeness (QED) is 0.0619. The van der Waals surface area contributed by atoms with E-state index in [0.717, 1.165) is 33.4 Å². The Morgan fingerprint density at radius 2 is 0.721 bits per heavy atom. The Labute approximate surface area is 398 Å². The lowest BCUT2D eigenvalue weighted by Gasteiger charge is -2.48. The van der Waals surface area contributed by atoms with Crippen LogP contribution >= 0.6 is 0 Å². The number of hydrogen-bond acceptors (Lipinski definition) is 12. The number of carbonyl (C=O) groups excluding carboxylic acids is 1. The third-order valence-corrected chi connectivity index (χ3v) is 11.7. The van der Waals surface area contributed by atoms with E-state index < -0.39 is 67.4 Å². The number of esters is 1. The Bertz CT molecular complexity index is 2330. The molecule has 0 spiro atoms. The molecule has 2 saturated heterocycles. The molecule has 10 atom stereocenters. The number of hydrogen-bond donors (Lipinski definition) is 1. The van der Waals surface area contributed by atoms with Crippen molar-refractivity contribution in [1.29, 1.82) is 0 Å². The predicted molar refractivity (Wildman–Crippen MR) is 252 cm³/mol. The van der Waals surface area contributed by atoms with E-state index in [1.165, 1.54) is 6.92 Å². The molecule has 68 heavy (non-hydrogen) atoms. The summed E-state index contributed by atoms with van der Waals surface area (Å²) in [7, 11) is 0. The smallest absolute Gasteiger partial charge is 0.303 e. The van der Waals surface area contributed by atoms with E-state index in [0.29, 0.717) is 13.2 Å². The van der Waals surface area contributed by atoms with Gasteiger partial charge in [0, 0.05) is 6.92 Å². The van der Waals surface area contributed by atoms with Gasteiger partial charge in [0.05, 0.1) is 52.9 Å². The first-order chi connectivity index (χ1) is 33.5. The van der Waals surface area contributed by atoms with Crippen molar-refractivity contribution in [3.05, 3.63) is 215 Å². The Morgan fingerprint density at radius 3 is 1.09 bits per heavy atom. The fraction of sp³-hybridized carbons (Fsp3) is 0.339. The Kier molecular flexibility index (Phi) is 18.4. The predicted octanol–water partition coefficient (Wildman–Crippen LogP) is 8.52. The van der Waals surface area contributed by atoms with Crippen molar-refractivity contribution >= 4 is 5.97 Å². The zero-order chi connectivity index (χ0) is 46.8. The maximum Gasteiger partial charge on any atom is 0.303 e. The summed E-state index contributed by atoms with van der Waals surface area (Å²) in [5.41, 5.74) is 5.58. The van der Waals surface area contributed by atoms with Gasteiger partial charge in [-0.3, -0.25) is 4.79 Å². The standard InChI is InChI=1S/C56H60O12/c1-40(57)65-54-53(64-37-46-30-18-7-19-31-46)51(62-35-44-26-14-5-15-27-44)48(39-60-33-42-22-10-3-11-23-42)67-56(54)68-55-49(58)52(63-36-45-28-16-6-17-29-45)50(61-34-43-24-12-4-13-25-43)47(66-55)38-59-32-41-20-8-2-9-21-41/h2-31,47-56,58H,32-39H2,1H3/t47-,48-,49+,50-,51-,52-,53+,54+,55+,56-/m1/s1. The lowest BCUT2D eigenvalue weighted by atomic mass is 9.96. The highest BCUT2D eigenvalue weighted by Crippen LogP contribution is 2.35. The molecule has 6 aromatic carbocycles. The van der Waals surface area contributed by atoms with Gasteiger partial charge in [-0.2, -0.15) is 0 Å². The summed E-state index contributed by atoms with van der Waals surface area (Å²) in [4.78, 5) is 13.1. The summed E-state index contributed by atoms with van der Waals surface area (Å²) in [6.45, 7) is 2.73. The molecule has 0 aliphatic carbocycles. The van der Waals surface area contributed by atoms with E-state index in [9.17, 15) is 9.90 Å². The van der Waals surface area contributed by atoms with E-state index in [1.54, 1.807) is 0 Å². The summed E-state index contributed by atoms with van der Waals surface area (Å²) in [6, 6.07) is 58.5. The molecule has 2 heterocycles. The summed E-state index contributed by atoms with van der Waals surface area (Å²) in [5.74, 6) is -0.600. The highest BCUT2D eigenvalue weighted by molar-refractivity contribution is 5.66. The number of benzene rings is 6. The molecular formula is C56H60O12. The lowest BCUT2D eigenvalue weighted by Crippen LogP contribution is -2.65. The van der Waals surface area contributed by atoms with Crippen molar-refractivity contribution in [1.82, 2.24) is 0 Å². The molecule has 0 aromatic heterocycles. The van der Waals surface area contributed by atoms with Crippen LogP contribution in [-0.2, 0) is 91.8 Å². The second-order valence-electron chi connectivity index (χ2n) is 16.8. The Hall–Kier alpha value is -5.61. The first-order valence-electron chi connectivity index (χ1n) is 23.1. The molecule has 1 N–H and O–H groups in total. The van der Waals surface area contributed by atoms with Crippen molar-refractivity contribution in [2.75, 3.05) is 13.2 Å². The largest absolute Gasteiger partial charge is 0.454 e. The van der Waals surface area contributed by atoms with Crippen LogP contribution in [0.4, 0.5) is 0 Å². The number of rotatable bonds is 23. The lowest BCUT2D eigenvalue weighted by molar-refractivity contribution is -0.387. The fourth-order valence-corrected chi connectivity index (χ4v) is 8.30. The minimum atomic E-state index is -1.44. The second kappa shape index (κ2) is 25.7. The van der Waals surface area contributed by atoms with Crippen LogP contribution in [0.1, 0.15) is 40.3 Å². The second-order valence-corrected chi connectivity index (χ2v) is 16.8. The van der Waals surface area contributed by atoms with Gasteiger partial charge in [-0.15, -0.1) is 0 Å². The molecule has 0 saturated carbocycles. The molecule has 12 heteroatoms.